The molecule has 1 saturated heterocycles. The number of rotatable bonds is 6. The van der Waals surface area contributed by atoms with E-state index in [1.807, 2.05) is 0 Å². The first-order chi connectivity index (χ1) is 13.8. The highest BCUT2D eigenvalue weighted by atomic mass is 79.9. The molecule has 1 aliphatic rings. The molecular formula is C19H13BrN2O5S2. The van der Waals surface area contributed by atoms with Gasteiger partial charge in [0.2, 0.25) is 0 Å². The molecule has 0 unspecified atom stereocenters. The van der Waals surface area contributed by atoms with Gasteiger partial charge in [-0.3, -0.25) is 4.79 Å². The molecule has 1 amide bonds. The fraction of sp³-hybridized carbons (Fsp3) is 0.0526. The fourth-order valence-electron chi connectivity index (χ4n) is 2.32. The smallest absolute Gasteiger partial charge is 0.341 e. The zero-order valence-electron chi connectivity index (χ0n) is 14.6. The Hall–Kier alpha value is -2.69. The monoisotopic (exact) mass is 492 g/mol. The molecule has 148 valence electrons. The number of ether oxygens (including phenoxy) is 1. The van der Waals surface area contributed by atoms with Gasteiger partial charge in [-0.05, 0) is 48.6 Å². The molecular weight excluding hydrogens is 480 g/mol. The third kappa shape index (κ3) is 5.22. The van der Waals surface area contributed by atoms with E-state index in [1.54, 1.807) is 42.5 Å². The molecule has 0 radical (unpaired) electrons. The topological polar surface area (TPSA) is 99.4 Å². The predicted octanol–water partition coefficient (Wildman–Crippen LogP) is 3.85. The summed E-state index contributed by atoms with van der Waals surface area (Å²) in [5, 5.41) is 23.9. The van der Waals surface area contributed by atoms with Crippen LogP contribution in [0.25, 0.3) is 6.08 Å². The molecule has 0 saturated carbocycles. The van der Waals surface area contributed by atoms with Gasteiger partial charge >= 0.3 is 5.97 Å². The highest BCUT2D eigenvalue weighted by molar-refractivity contribution is 9.10. The Morgan fingerprint density at radius 2 is 2.03 bits per heavy atom. The van der Waals surface area contributed by atoms with Gasteiger partial charge in [-0.2, -0.15) is 10.1 Å². The van der Waals surface area contributed by atoms with E-state index >= 15 is 0 Å². The van der Waals surface area contributed by atoms with E-state index in [1.165, 1.54) is 12.3 Å². The zero-order valence-corrected chi connectivity index (χ0v) is 17.8. The molecule has 1 aliphatic heterocycles. The number of hydrazone groups is 1. The van der Waals surface area contributed by atoms with Crippen molar-refractivity contribution in [3.8, 4) is 11.5 Å². The molecule has 29 heavy (non-hydrogen) atoms. The quantitative estimate of drug-likeness (QED) is 0.358. The summed E-state index contributed by atoms with van der Waals surface area (Å²) in [4.78, 5) is 23.7. The minimum Gasteiger partial charge on any atom is -0.507 e. The predicted molar refractivity (Wildman–Crippen MR) is 118 cm³/mol. The van der Waals surface area contributed by atoms with Crippen molar-refractivity contribution in [1.82, 2.24) is 5.01 Å². The van der Waals surface area contributed by atoms with Crippen molar-refractivity contribution < 1.29 is 24.5 Å². The fourth-order valence-corrected chi connectivity index (χ4v) is 3.86. The Morgan fingerprint density at radius 1 is 1.28 bits per heavy atom. The number of carboxylic acid groups (broad SMARTS) is 1. The highest BCUT2D eigenvalue weighted by Gasteiger charge is 2.32. The van der Waals surface area contributed by atoms with E-state index < -0.39 is 18.5 Å². The Balaban J connectivity index is 1.82. The third-order valence-electron chi connectivity index (χ3n) is 3.63. The molecule has 1 fully saturated rings. The summed E-state index contributed by atoms with van der Waals surface area (Å²) < 4.78 is 6.21. The first-order valence-electron chi connectivity index (χ1n) is 8.09. The Kier molecular flexibility index (Phi) is 6.68. The second-order valence-electron chi connectivity index (χ2n) is 5.66. The highest BCUT2D eigenvalue weighted by Crippen LogP contribution is 2.35. The van der Waals surface area contributed by atoms with Crippen molar-refractivity contribution in [2.24, 2.45) is 5.10 Å². The maximum Gasteiger partial charge on any atom is 0.341 e. The number of hydrogen-bond acceptors (Lipinski definition) is 7. The summed E-state index contributed by atoms with van der Waals surface area (Å²) in [7, 11) is 0. The number of aromatic hydroxyl groups is 1. The van der Waals surface area contributed by atoms with Crippen LogP contribution in [-0.4, -0.2) is 44.2 Å². The van der Waals surface area contributed by atoms with Gasteiger partial charge in [-0.25, -0.2) is 4.79 Å². The van der Waals surface area contributed by atoms with Crippen molar-refractivity contribution in [1.29, 1.82) is 0 Å². The number of benzene rings is 2. The molecule has 0 atom stereocenters. The summed E-state index contributed by atoms with van der Waals surface area (Å²) >= 11 is 9.62. The minimum absolute atomic E-state index is 0.0338. The Bertz CT molecular complexity index is 1050. The Labute approximate surface area is 183 Å². The molecule has 0 aliphatic carbocycles. The maximum atomic E-state index is 12.7. The van der Waals surface area contributed by atoms with Crippen molar-refractivity contribution >= 4 is 68.4 Å². The van der Waals surface area contributed by atoms with Gasteiger partial charge in [0.25, 0.3) is 5.91 Å². The molecule has 7 nitrogen and oxygen atoms in total. The maximum absolute atomic E-state index is 12.7. The summed E-state index contributed by atoms with van der Waals surface area (Å²) in [6.07, 6.45) is 2.92. The Morgan fingerprint density at radius 3 is 2.79 bits per heavy atom. The molecule has 2 aromatic carbocycles. The number of hydrogen-bond donors (Lipinski definition) is 2. The average molecular weight is 493 g/mol. The lowest BCUT2D eigenvalue weighted by atomic mass is 10.2. The van der Waals surface area contributed by atoms with Crippen molar-refractivity contribution in [3.63, 3.8) is 0 Å². The number of para-hydroxylation sites is 1. The van der Waals surface area contributed by atoms with Gasteiger partial charge in [-0.1, -0.05) is 39.8 Å². The summed E-state index contributed by atoms with van der Waals surface area (Å²) in [6.45, 7) is -0.495. The van der Waals surface area contributed by atoms with Crippen LogP contribution in [0.2, 0.25) is 0 Å². The molecule has 0 spiro atoms. The number of amides is 1. The molecule has 1 heterocycles. The number of aliphatic carboxylic acids is 1. The van der Waals surface area contributed by atoms with Crippen LogP contribution in [0.1, 0.15) is 11.1 Å². The second kappa shape index (κ2) is 9.21. The van der Waals surface area contributed by atoms with Gasteiger partial charge in [0.1, 0.15) is 11.5 Å². The van der Waals surface area contributed by atoms with Crippen molar-refractivity contribution in [2.45, 2.75) is 0 Å². The summed E-state index contributed by atoms with van der Waals surface area (Å²) in [5.74, 6) is -1.18. The van der Waals surface area contributed by atoms with Crippen LogP contribution >= 0.6 is 39.9 Å². The second-order valence-corrected chi connectivity index (χ2v) is 8.25. The van der Waals surface area contributed by atoms with Crippen LogP contribution in [0.5, 0.6) is 11.5 Å². The number of thioether (sulfide) groups is 1. The number of thiocarbonyl (C=S) groups is 1. The van der Waals surface area contributed by atoms with Gasteiger partial charge in [0.15, 0.2) is 10.9 Å². The standard InChI is InChI=1S/C19H13BrN2O5S2/c20-13-5-6-14(23)12(7-13)8-16-18(26)22(19(28)29-16)21-9-11-3-1-2-4-15(11)27-10-17(24)25/h1-9,23H,10H2,(H,24,25). The van der Waals surface area contributed by atoms with E-state index in [4.69, 9.17) is 22.1 Å². The van der Waals surface area contributed by atoms with Crippen LogP contribution in [0.4, 0.5) is 0 Å². The number of carboxylic acids is 1. The number of phenolic OH excluding ortho intramolecular Hbond substituents is 1. The van der Waals surface area contributed by atoms with Gasteiger partial charge in [0.05, 0.1) is 11.1 Å². The number of carbonyl (C=O) groups excluding carboxylic acids is 1. The van der Waals surface area contributed by atoms with Gasteiger partial charge in [0, 0.05) is 15.6 Å². The lowest BCUT2D eigenvalue weighted by Gasteiger charge is -2.09. The molecule has 2 N–H and O–H groups in total. The first-order valence-corrected chi connectivity index (χ1v) is 10.1. The number of halogens is 1. The largest absolute Gasteiger partial charge is 0.507 e. The summed E-state index contributed by atoms with van der Waals surface area (Å²) in [6, 6.07) is 11.6. The van der Waals surface area contributed by atoms with Gasteiger partial charge < -0.3 is 14.9 Å². The van der Waals surface area contributed by atoms with Crippen LogP contribution in [-0.2, 0) is 9.59 Å². The van der Waals surface area contributed by atoms with Gasteiger partial charge in [-0.15, -0.1) is 0 Å². The van der Waals surface area contributed by atoms with E-state index in [0.29, 0.717) is 21.8 Å². The molecule has 10 heteroatoms. The third-order valence-corrected chi connectivity index (χ3v) is 5.41. The van der Waals surface area contributed by atoms with E-state index in [0.717, 1.165) is 21.2 Å². The van der Waals surface area contributed by atoms with Crippen molar-refractivity contribution in [2.75, 3.05) is 6.61 Å². The van der Waals surface area contributed by atoms with Crippen LogP contribution in [0.15, 0.2) is 56.9 Å². The number of phenols is 1. The van der Waals surface area contributed by atoms with E-state index in [-0.39, 0.29) is 10.1 Å². The van der Waals surface area contributed by atoms with E-state index in [2.05, 4.69) is 21.0 Å². The van der Waals surface area contributed by atoms with Crippen LogP contribution in [0, 0.1) is 0 Å². The summed E-state index contributed by atoms with van der Waals surface area (Å²) in [5.41, 5.74) is 0.965. The lowest BCUT2D eigenvalue weighted by Crippen LogP contribution is -2.22. The van der Waals surface area contributed by atoms with E-state index in [9.17, 15) is 14.7 Å². The van der Waals surface area contributed by atoms with Crippen LogP contribution in [0.3, 0.4) is 0 Å². The molecule has 2 aromatic rings. The number of nitrogens with zero attached hydrogens (tertiary/aromatic N) is 2. The average Bonchev–Trinajstić information content (AvgIpc) is 2.95. The zero-order chi connectivity index (χ0) is 21.0. The minimum atomic E-state index is -1.10. The lowest BCUT2D eigenvalue weighted by molar-refractivity contribution is -0.139. The molecule has 0 aromatic heterocycles. The normalized spacial score (nSPS) is 15.5. The van der Waals surface area contributed by atoms with Crippen LogP contribution < -0.4 is 4.74 Å². The molecule has 3 rings (SSSR count). The number of carbonyl (C=O) groups is 2. The SMILES string of the molecule is O=C(O)COc1ccccc1C=NN1C(=O)C(=Cc2cc(Br)ccc2O)SC1=S. The van der Waals surface area contributed by atoms with Crippen molar-refractivity contribution in [3.05, 3.63) is 63.0 Å². The first kappa shape index (κ1) is 21.0. The molecule has 0 bridgehead atoms.